The van der Waals surface area contributed by atoms with E-state index >= 15 is 0 Å². The maximum Gasteiger partial charge on any atom is 0.341 e. The lowest BCUT2D eigenvalue weighted by molar-refractivity contribution is -0.114. The summed E-state index contributed by atoms with van der Waals surface area (Å²) in [7, 11) is 1.31. The van der Waals surface area contributed by atoms with Crippen LogP contribution in [-0.2, 0) is 9.53 Å². The molecule has 2 rings (SSSR count). The zero-order valence-electron chi connectivity index (χ0n) is 11.1. The third-order valence-corrected chi connectivity index (χ3v) is 2.66. The molecule has 0 spiro atoms. The molecule has 0 bridgehead atoms. The predicted molar refractivity (Wildman–Crippen MR) is 68.1 cm³/mol. The number of nitrogens with one attached hydrogen (secondary N) is 1. The van der Waals surface area contributed by atoms with Crippen LogP contribution in [0.2, 0.25) is 0 Å². The van der Waals surface area contributed by atoms with Crippen molar-refractivity contribution in [1.29, 1.82) is 0 Å². The molecule has 0 unspecified atom stereocenters. The van der Waals surface area contributed by atoms with E-state index in [9.17, 15) is 9.59 Å². The average molecular weight is 262 g/mol. The van der Waals surface area contributed by atoms with Crippen LogP contribution in [0.5, 0.6) is 0 Å². The summed E-state index contributed by atoms with van der Waals surface area (Å²) in [5, 5.41) is 6.63. The van der Waals surface area contributed by atoms with Crippen LogP contribution in [0.1, 0.15) is 28.5 Å². The largest absolute Gasteiger partial charge is 0.465 e. The highest BCUT2D eigenvalue weighted by atomic mass is 16.5. The fourth-order valence-corrected chi connectivity index (χ4v) is 1.91. The normalized spacial score (nSPS) is 10.5. The summed E-state index contributed by atoms with van der Waals surface area (Å²) in [5.74, 6) is -0.597. The molecule has 7 heteroatoms. The number of ether oxygens (including phenoxy) is 1. The summed E-state index contributed by atoms with van der Waals surface area (Å²) in [4.78, 5) is 27.0. The highest BCUT2D eigenvalue weighted by Crippen LogP contribution is 2.19. The fourth-order valence-electron chi connectivity index (χ4n) is 1.91. The van der Waals surface area contributed by atoms with Gasteiger partial charge in [0.05, 0.1) is 7.11 Å². The molecule has 0 fully saturated rings. The maximum atomic E-state index is 11.8. The van der Waals surface area contributed by atoms with E-state index in [-0.39, 0.29) is 11.9 Å². The smallest absolute Gasteiger partial charge is 0.341 e. The Hall–Kier alpha value is -2.44. The number of hydrogen-bond donors (Lipinski definition) is 1. The molecule has 2 aromatic heterocycles. The average Bonchev–Trinajstić information content (AvgIpc) is 2.71. The molecule has 2 aromatic rings. The standard InChI is InChI=1S/C12H14N4O3/c1-6-5-7(2)16-10(9(6)11(18)19-4)14-12(15-16)13-8(3)17/h5H,1-4H3,(H,13,15,17). The van der Waals surface area contributed by atoms with Gasteiger partial charge in [-0.05, 0) is 25.5 Å². The van der Waals surface area contributed by atoms with Gasteiger partial charge in [-0.3, -0.25) is 10.1 Å². The van der Waals surface area contributed by atoms with Crippen LogP contribution >= 0.6 is 0 Å². The van der Waals surface area contributed by atoms with Crippen LogP contribution in [0.15, 0.2) is 6.07 Å². The summed E-state index contributed by atoms with van der Waals surface area (Å²) in [6, 6.07) is 1.81. The molecule has 2 heterocycles. The summed E-state index contributed by atoms with van der Waals surface area (Å²) in [5.41, 5.74) is 2.27. The molecular weight excluding hydrogens is 248 g/mol. The molecule has 0 aliphatic carbocycles. The van der Waals surface area contributed by atoms with Gasteiger partial charge in [0, 0.05) is 12.6 Å². The van der Waals surface area contributed by atoms with Gasteiger partial charge >= 0.3 is 5.97 Å². The van der Waals surface area contributed by atoms with Crippen molar-refractivity contribution in [2.75, 3.05) is 12.4 Å². The van der Waals surface area contributed by atoms with Crippen molar-refractivity contribution < 1.29 is 14.3 Å². The SMILES string of the molecule is COC(=O)c1c(C)cc(C)n2nc(NC(C)=O)nc12. The van der Waals surface area contributed by atoms with Gasteiger partial charge < -0.3 is 4.74 Å². The Kier molecular flexibility index (Phi) is 3.20. The van der Waals surface area contributed by atoms with E-state index in [4.69, 9.17) is 4.74 Å². The van der Waals surface area contributed by atoms with Crippen molar-refractivity contribution in [2.45, 2.75) is 20.8 Å². The van der Waals surface area contributed by atoms with Crippen LogP contribution in [0.4, 0.5) is 5.95 Å². The number of carbonyl (C=O) groups is 2. The van der Waals surface area contributed by atoms with Crippen molar-refractivity contribution in [2.24, 2.45) is 0 Å². The lowest BCUT2D eigenvalue weighted by Gasteiger charge is -2.06. The van der Waals surface area contributed by atoms with E-state index < -0.39 is 5.97 Å². The molecule has 0 aromatic carbocycles. The van der Waals surface area contributed by atoms with Crippen LogP contribution < -0.4 is 5.32 Å². The van der Waals surface area contributed by atoms with Gasteiger partial charge in [-0.15, -0.1) is 5.10 Å². The van der Waals surface area contributed by atoms with E-state index in [0.29, 0.717) is 11.2 Å². The molecule has 0 aliphatic rings. The molecule has 0 atom stereocenters. The monoisotopic (exact) mass is 262 g/mol. The number of esters is 1. The minimum atomic E-state index is -0.482. The molecule has 0 aliphatic heterocycles. The predicted octanol–water partition coefficient (Wildman–Crippen LogP) is 1.09. The van der Waals surface area contributed by atoms with Gasteiger partial charge in [0.25, 0.3) is 0 Å². The van der Waals surface area contributed by atoms with Crippen molar-refractivity contribution in [3.63, 3.8) is 0 Å². The minimum Gasteiger partial charge on any atom is -0.465 e. The summed E-state index contributed by atoms with van der Waals surface area (Å²) >= 11 is 0. The number of pyridine rings is 1. The maximum absolute atomic E-state index is 11.8. The second kappa shape index (κ2) is 4.68. The van der Waals surface area contributed by atoms with E-state index in [2.05, 4.69) is 15.4 Å². The first-order valence-electron chi connectivity index (χ1n) is 5.67. The van der Waals surface area contributed by atoms with Crippen molar-refractivity contribution >= 4 is 23.5 Å². The van der Waals surface area contributed by atoms with E-state index in [1.54, 1.807) is 6.92 Å². The van der Waals surface area contributed by atoms with Crippen LogP contribution in [-0.4, -0.2) is 33.6 Å². The third kappa shape index (κ3) is 2.26. The Balaban J connectivity index is 2.70. The number of fused-ring (bicyclic) bond motifs is 1. The minimum absolute atomic E-state index is 0.159. The fraction of sp³-hybridized carbons (Fsp3) is 0.333. The number of rotatable bonds is 2. The number of hydrogen-bond acceptors (Lipinski definition) is 5. The summed E-state index contributed by atoms with van der Waals surface area (Å²) in [6.45, 7) is 5.00. The molecule has 0 saturated carbocycles. The number of aryl methyl sites for hydroxylation is 2. The number of nitrogens with zero attached hydrogens (tertiary/aromatic N) is 3. The molecule has 19 heavy (non-hydrogen) atoms. The molecule has 1 amide bonds. The van der Waals surface area contributed by atoms with Gasteiger partial charge in [-0.2, -0.15) is 4.98 Å². The third-order valence-electron chi connectivity index (χ3n) is 2.66. The van der Waals surface area contributed by atoms with E-state index in [1.807, 2.05) is 13.0 Å². The lowest BCUT2D eigenvalue weighted by atomic mass is 10.1. The first-order chi connectivity index (χ1) is 8.93. The quantitative estimate of drug-likeness (QED) is 0.819. The second-order valence-electron chi connectivity index (χ2n) is 4.19. The van der Waals surface area contributed by atoms with E-state index in [0.717, 1.165) is 11.3 Å². The first-order valence-corrected chi connectivity index (χ1v) is 5.67. The zero-order valence-corrected chi connectivity index (χ0v) is 11.1. The first kappa shape index (κ1) is 13.0. The van der Waals surface area contributed by atoms with Gasteiger partial charge in [0.2, 0.25) is 11.9 Å². The van der Waals surface area contributed by atoms with Crippen molar-refractivity contribution in [1.82, 2.24) is 14.6 Å². The Morgan fingerprint density at radius 2 is 2.05 bits per heavy atom. The van der Waals surface area contributed by atoms with E-state index in [1.165, 1.54) is 18.5 Å². The van der Waals surface area contributed by atoms with Gasteiger partial charge in [-0.1, -0.05) is 0 Å². The Morgan fingerprint density at radius 1 is 1.37 bits per heavy atom. The zero-order chi connectivity index (χ0) is 14.2. The number of amides is 1. The highest BCUT2D eigenvalue weighted by Gasteiger charge is 2.19. The second-order valence-corrected chi connectivity index (χ2v) is 4.19. The molecule has 0 saturated heterocycles. The highest BCUT2D eigenvalue weighted by molar-refractivity contribution is 5.98. The number of carbonyl (C=O) groups excluding carboxylic acids is 2. The van der Waals surface area contributed by atoms with Crippen LogP contribution in [0, 0.1) is 13.8 Å². The molecule has 0 radical (unpaired) electrons. The molecular formula is C12H14N4O3. The van der Waals surface area contributed by atoms with Gasteiger partial charge in [-0.25, -0.2) is 9.31 Å². The van der Waals surface area contributed by atoms with Crippen LogP contribution in [0.25, 0.3) is 5.65 Å². The van der Waals surface area contributed by atoms with Gasteiger partial charge in [0.1, 0.15) is 5.56 Å². The Morgan fingerprint density at radius 3 is 2.63 bits per heavy atom. The van der Waals surface area contributed by atoms with Crippen LogP contribution in [0.3, 0.4) is 0 Å². The molecule has 100 valence electrons. The number of anilines is 1. The Labute approximate surface area is 109 Å². The molecule has 7 nitrogen and oxygen atoms in total. The lowest BCUT2D eigenvalue weighted by Crippen LogP contribution is -2.09. The van der Waals surface area contributed by atoms with Crippen molar-refractivity contribution in [3.05, 3.63) is 22.9 Å². The molecule has 1 N–H and O–H groups in total. The number of methoxy groups -OCH3 is 1. The summed E-state index contributed by atoms with van der Waals surface area (Å²) in [6.07, 6.45) is 0. The topological polar surface area (TPSA) is 85.6 Å². The van der Waals surface area contributed by atoms with Crippen molar-refractivity contribution in [3.8, 4) is 0 Å². The summed E-state index contributed by atoms with van der Waals surface area (Å²) < 4.78 is 6.25. The van der Waals surface area contributed by atoms with Gasteiger partial charge in [0.15, 0.2) is 5.65 Å². The number of aromatic nitrogens is 3. The Bertz CT molecular complexity index is 675.